The molecule has 0 spiro atoms. The number of anilines is 1. The summed E-state index contributed by atoms with van der Waals surface area (Å²) in [6, 6.07) is 0. The number of halogens is 1. The Bertz CT molecular complexity index is 280. The first-order chi connectivity index (χ1) is 6.69. The van der Waals surface area contributed by atoms with E-state index >= 15 is 0 Å². The van der Waals surface area contributed by atoms with Gasteiger partial charge in [-0.2, -0.15) is 0 Å². The van der Waals surface area contributed by atoms with Crippen molar-refractivity contribution < 1.29 is 10.2 Å². The summed E-state index contributed by atoms with van der Waals surface area (Å²) in [5.41, 5.74) is 0.442. The molecule has 3 N–H and O–H groups in total. The average molecular weight is 218 g/mol. The van der Waals surface area contributed by atoms with Gasteiger partial charge in [0.25, 0.3) is 0 Å². The Kier molecular flexibility index (Phi) is 4.06. The first-order valence-corrected chi connectivity index (χ1v) is 4.64. The molecule has 1 heterocycles. The van der Waals surface area contributed by atoms with Gasteiger partial charge in [-0.3, -0.25) is 0 Å². The molecule has 1 rings (SSSR count). The van der Waals surface area contributed by atoms with Gasteiger partial charge in [0.05, 0.1) is 12.0 Å². The van der Waals surface area contributed by atoms with Gasteiger partial charge in [-0.15, -0.1) is 11.6 Å². The standard InChI is InChI=1S/C8H12ClN3O2/c1-10-8-11-3-5(4-12-8)7(14)6(13)2-9/h3-4,6-7,13-14H,2H2,1H3,(H,10,11,12). The van der Waals surface area contributed by atoms with Crippen LogP contribution >= 0.6 is 11.6 Å². The normalized spacial score (nSPS) is 14.9. The lowest BCUT2D eigenvalue weighted by atomic mass is 10.1. The Morgan fingerprint density at radius 1 is 1.43 bits per heavy atom. The van der Waals surface area contributed by atoms with Crippen LogP contribution in [0.5, 0.6) is 0 Å². The molecule has 2 unspecified atom stereocenters. The summed E-state index contributed by atoms with van der Waals surface area (Å²) in [5, 5.41) is 21.5. The highest BCUT2D eigenvalue weighted by atomic mass is 35.5. The molecule has 0 saturated heterocycles. The minimum atomic E-state index is -1.04. The molecule has 0 aliphatic heterocycles. The fourth-order valence-corrected chi connectivity index (χ4v) is 1.10. The van der Waals surface area contributed by atoms with Gasteiger partial charge in [0.15, 0.2) is 0 Å². The van der Waals surface area contributed by atoms with Crippen molar-refractivity contribution >= 4 is 17.5 Å². The van der Waals surface area contributed by atoms with E-state index in [0.717, 1.165) is 0 Å². The van der Waals surface area contributed by atoms with Crippen molar-refractivity contribution in [2.24, 2.45) is 0 Å². The van der Waals surface area contributed by atoms with Crippen molar-refractivity contribution in [1.82, 2.24) is 9.97 Å². The molecule has 0 aliphatic carbocycles. The van der Waals surface area contributed by atoms with Crippen molar-refractivity contribution in [2.75, 3.05) is 18.2 Å². The number of nitrogens with one attached hydrogen (secondary N) is 1. The smallest absolute Gasteiger partial charge is 0.222 e. The Hall–Kier alpha value is -0.910. The number of alkyl halides is 1. The molecule has 78 valence electrons. The second kappa shape index (κ2) is 5.09. The monoisotopic (exact) mass is 217 g/mol. The molecule has 1 aromatic heterocycles. The number of aliphatic hydroxyl groups is 2. The first kappa shape index (κ1) is 11.2. The fourth-order valence-electron chi connectivity index (χ4n) is 0.926. The summed E-state index contributed by atoms with van der Waals surface area (Å²) >= 11 is 5.39. The molecule has 0 fully saturated rings. The zero-order valence-electron chi connectivity index (χ0n) is 7.68. The molecule has 5 nitrogen and oxygen atoms in total. The van der Waals surface area contributed by atoms with E-state index in [2.05, 4.69) is 15.3 Å². The van der Waals surface area contributed by atoms with Crippen LogP contribution in [0, 0.1) is 0 Å². The predicted molar refractivity (Wildman–Crippen MR) is 53.3 cm³/mol. The van der Waals surface area contributed by atoms with E-state index in [1.54, 1.807) is 7.05 Å². The van der Waals surface area contributed by atoms with Gasteiger partial charge >= 0.3 is 0 Å². The topological polar surface area (TPSA) is 78.3 Å². The highest BCUT2D eigenvalue weighted by molar-refractivity contribution is 6.18. The van der Waals surface area contributed by atoms with Crippen molar-refractivity contribution in [3.8, 4) is 0 Å². The molecular weight excluding hydrogens is 206 g/mol. The molecule has 1 aromatic rings. The van der Waals surface area contributed by atoms with E-state index in [0.29, 0.717) is 11.5 Å². The highest BCUT2D eigenvalue weighted by Crippen LogP contribution is 2.16. The van der Waals surface area contributed by atoms with Crippen LogP contribution in [0.1, 0.15) is 11.7 Å². The lowest BCUT2D eigenvalue weighted by molar-refractivity contribution is 0.0323. The number of aliphatic hydroxyl groups excluding tert-OH is 2. The van der Waals surface area contributed by atoms with Gasteiger partial charge in [0.2, 0.25) is 5.95 Å². The number of hydrogen-bond donors (Lipinski definition) is 3. The maximum absolute atomic E-state index is 9.52. The summed E-state index contributed by atoms with van der Waals surface area (Å²) in [6.07, 6.45) is 0.845. The maximum Gasteiger partial charge on any atom is 0.222 e. The SMILES string of the molecule is CNc1ncc(C(O)C(O)CCl)cn1. The summed E-state index contributed by atoms with van der Waals surface area (Å²) in [6.45, 7) is 0. The van der Waals surface area contributed by atoms with Gasteiger partial charge in [-0.05, 0) is 0 Å². The van der Waals surface area contributed by atoms with Gasteiger partial charge in [0, 0.05) is 25.0 Å². The van der Waals surface area contributed by atoms with E-state index < -0.39 is 12.2 Å². The molecule has 0 radical (unpaired) electrons. The zero-order chi connectivity index (χ0) is 10.6. The largest absolute Gasteiger partial charge is 0.389 e. The van der Waals surface area contributed by atoms with Gasteiger partial charge in [0.1, 0.15) is 6.10 Å². The third-order valence-corrected chi connectivity index (χ3v) is 2.08. The minimum Gasteiger partial charge on any atom is -0.389 e. The van der Waals surface area contributed by atoms with Crippen LogP contribution in [0.3, 0.4) is 0 Å². The number of aromatic nitrogens is 2. The quantitative estimate of drug-likeness (QED) is 0.626. The van der Waals surface area contributed by atoms with E-state index in [4.69, 9.17) is 11.6 Å². The van der Waals surface area contributed by atoms with Crippen LogP contribution in [0.4, 0.5) is 5.95 Å². The lowest BCUT2D eigenvalue weighted by Crippen LogP contribution is -2.20. The molecule has 0 bridgehead atoms. The number of nitrogens with zero attached hydrogens (tertiary/aromatic N) is 2. The van der Waals surface area contributed by atoms with Gasteiger partial charge in [-0.1, -0.05) is 0 Å². The van der Waals surface area contributed by atoms with Crippen LogP contribution in [0.25, 0.3) is 0 Å². The molecule has 0 saturated carbocycles. The van der Waals surface area contributed by atoms with Crippen molar-refractivity contribution in [2.45, 2.75) is 12.2 Å². The Labute approximate surface area is 86.8 Å². The molecule has 6 heteroatoms. The van der Waals surface area contributed by atoms with Crippen molar-refractivity contribution in [3.63, 3.8) is 0 Å². The average Bonchev–Trinajstić information content (AvgIpc) is 2.27. The summed E-state index contributed by atoms with van der Waals surface area (Å²) in [7, 11) is 1.69. The lowest BCUT2D eigenvalue weighted by Gasteiger charge is -2.14. The molecule has 2 atom stereocenters. The number of hydrogen-bond acceptors (Lipinski definition) is 5. The van der Waals surface area contributed by atoms with Crippen LogP contribution < -0.4 is 5.32 Å². The predicted octanol–water partition coefficient (Wildman–Crippen LogP) is 0.151. The van der Waals surface area contributed by atoms with Crippen LogP contribution in [0.15, 0.2) is 12.4 Å². The third-order valence-electron chi connectivity index (χ3n) is 1.76. The van der Waals surface area contributed by atoms with E-state index in [1.165, 1.54) is 12.4 Å². The van der Waals surface area contributed by atoms with Crippen LogP contribution in [-0.4, -0.2) is 39.2 Å². The molecule has 14 heavy (non-hydrogen) atoms. The fraction of sp³-hybridized carbons (Fsp3) is 0.500. The van der Waals surface area contributed by atoms with Crippen molar-refractivity contribution in [1.29, 1.82) is 0 Å². The van der Waals surface area contributed by atoms with E-state index in [-0.39, 0.29) is 5.88 Å². The van der Waals surface area contributed by atoms with Crippen LogP contribution in [0.2, 0.25) is 0 Å². The van der Waals surface area contributed by atoms with Gasteiger partial charge < -0.3 is 15.5 Å². The maximum atomic E-state index is 9.52. The molecule has 0 aromatic carbocycles. The summed E-state index contributed by atoms with van der Waals surface area (Å²) in [5.74, 6) is 0.427. The Morgan fingerprint density at radius 3 is 2.43 bits per heavy atom. The summed E-state index contributed by atoms with van der Waals surface area (Å²) in [4.78, 5) is 7.80. The first-order valence-electron chi connectivity index (χ1n) is 4.10. The van der Waals surface area contributed by atoms with E-state index in [9.17, 15) is 10.2 Å². The molecule has 0 amide bonds. The molecule has 0 aliphatic rings. The number of rotatable bonds is 4. The minimum absolute atomic E-state index is 0.0328. The Balaban J connectivity index is 2.75. The highest BCUT2D eigenvalue weighted by Gasteiger charge is 2.17. The Morgan fingerprint density at radius 2 is 2.00 bits per heavy atom. The second-order valence-corrected chi connectivity index (χ2v) is 3.07. The zero-order valence-corrected chi connectivity index (χ0v) is 8.44. The second-order valence-electron chi connectivity index (χ2n) is 2.76. The van der Waals surface area contributed by atoms with Crippen molar-refractivity contribution in [3.05, 3.63) is 18.0 Å². The summed E-state index contributed by atoms with van der Waals surface area (Å²) < 4.78 is 0. The third kappa shape index (κ3) is 2.54. The van der Waals surface area contributed by atoms with E-state index in [1.807, 2.05) is 0 Å². The van der Waals surface area contributed by atoms with Crippen LogP contribution in [-0.2, 0) is 0 Å². The van der Waals surface area contributed by atoms with Gasteiger partial charge in [-0.25, -0.2) is 9.97 Å². The molecular formula is C8H12ClN3O2.